The molecule has 1 heteroatoms. The van der Waals surface area contributed by atoms with E-state index in [0.29, 0.717) is 11.1 Å². The molecule has 0 atom stereocenters. The van der Waals surface area contributed by atoms with Crippen LogP contribution in [-0.4, -0.2) is 23.0 Å². The van der Waals surface area contributed by atoms with Crippen LogP contribution in [0.5, 0.6) is 0 Å². The molecule has 1 nitrogen and oxygen atoms in total. The third-order valence-electron chi connectivity index (χ3n) is 5.22. The number of nitrogens with zero attached hydrogens (tertiary/aromatic N) is 1. The Balaban J connectivity index is -0.000000349. The molecule has 0 saturated carbocycles. The molecule has 0 amide bonds. The Morgan fingerprint density at radius 2 is 1.26 bits per heavy atom. The molecule has 0 aliphatic carbocycles. The maximum absolute atomic E-state index is 3.87. The summed E-state index contributed by atoms with van der Waals surface area (Å²) in [6, 6.07) is 0. The lowest BCUT2D eigenvalue weighted by atomic mass is 9.75. The van der Waals surface area contributed by atoms with Crippen molar-refractivity contribution >= 4 is 0 Å². The summed E-state index contributed by atoms with van der Waals surface area (Å²) in [6.07, 6.45) is 12.0. The molecule has 1 aliphatic rings. The number of unbranched alkanes of at least 4 members (excludes halogenated alkanes) is 4. The quantitative estimate of drug-likeness (QED) is 0.326. The summed E-state index contributed by atoms with van der Waals surface area (Å²) in [5.74, 6) is 0.867. The van der Waals surface area contributed by atoms with Gasteiger partial charge in [-0.1, -0.05) is 79.2 Å². The summed E-state index contributed by atoms with van der Waals surface area (Å²) in [5, 5.41) is 0. The van der Waals surface area contributed by atoms with Crippen LogP contribution in [0.4, 0.5) is 0 Å². The summed E-state index contributed by atoms with van der Waals surface area (Å²) in [6.45, 7) is 28.3. The van der Waals surface area contributed by atoms with Crippen molar-refractivity contribution in [2.24, 2.45) is 5.92 Å². The summed E-state index contributed by atoms with van der Waals surface area (Å²) >= 11 is 0. The van der Waals surface area contributed by atoms with E-state index in [9.17, 15) is 0 Å². The lowest BCUT2D eigenvalue weighted by molar-refractivity contribution is -0.0255. The largest absolute Gasteiger partial charge is 0.296 e. The minimum absolute atomic E-state index is 0.376. The summed E-state index contributed by atoms with van der Waals surface area (Å²) in [7, 11) is 2.26. The Bertz CT molecular complexity index is 309. The van der Waals surface area contributed by atoms with Gasteiger partial charge in [-0.3, -0.25) is 4.90 Å². The topological polar surface area (TPSA) is 3.24 Å². The number of hydrogen-bond donors (Lipinski definition) is 0. The highest BCUT2D eigenvalue weighted by Crippen LogP contribution is 2.39. The molecule has 0 aromatic heterocycles. The minimum Gasteiger partial charge on any atom is -0.296 e. The molecule has 0 N–H and O–H groups in total. The van der Waals surface area contributed by atoms with Gasteiger partial charge in [0.25, 0.3) is 0 Å². The Kier molecular flexibility index (Phi) is 20.7. The average Bonchev–Trinajstić information content (AvgIpc) is 2.54. The van der Waals surface area contributed by atoms with E-state index in [2.05, 4.69) is 80.8 Å². The third-order valence-corrected chi connectivity index (χ3v) is 5.22. The number of likely N-dealkylation sites (tertiary alicyclic amines) is 1. The van der Waals surface area contributed by atoms with Crippen molar-refractivity contribution in [3.05, 3.63) is 12.2 Å². The van der Waals surface area contributed by atoms with E-state index >= 15 is 0 Å². The Morgan fingerprint density at radius 3 is 1.59 bits per heavy atom. The van der Waals surface area contributed by atoms with Gasteiger partial charge in [0.2, 0.25) is 0 Å². The van der Waals surface area contributed by atoms with E-state index in [1.54, 1.807) is 0 Å². The average molecular weight is 384 g/mol. The molecule has 1 rings (SSSR count). The molecule has 1 saturated heterocycles. The molecule has 1 aliphatic heterocycles. The first kappa shape index (κ1) is 31.4. The first-order valence-corrected chi connectivity index (χ1v) is 11.8. The zero-order valence-electron chi connectivity index (χ0n) is 21.6. The van der Waals surface area contributed by atoms with Crippen LogP contribution in [0.15, 0.2) is 12.2 Å². The fourth-order valence-corrected chi connectivity index (χ4v) is 3.90. The summed E-state index contributed by atoms with van der Waals surface area (Å²) in [5.41, 5.74) is 2.08. The second kappa shape index (κ2) is 17.8. The normalized spacial score (nSPS) is 18.1. The van der Waals surface area contributed by atoms with Crippen LogP contribution in [0.2, 0.25) is 0 Å². The van der Waals surface area contributed by atoms with Crippen LogP contribution < -0.4 is 0 Å². The number of allylic oxidation sites excluding steroid dienone is 1. The minimum atomic E-state index is 0.376. The smallest absolute Gasteiger partial charge is 0.0158 e. The van der Waals surface area contributed by atoms with E-state index in [1.165, 1.54) is 63.4 Å². The van der Waals surface area contributed by atoms with Gasteiger partial charge in [0.1, 0.15) is 0 Å². The van der Waals surface area contributed by atoms with E-state index in [0.717, 1.165) is 5.92 Å². The maximum atomic E-state index is 3.87. The molecule has 0 aromatic carbocycles. The Hall–Kier alpha value is -0.300. The van der Waals surface area contributed by atoms with Crippen LogP contribution in [0, 0.1) is 5.92 Å². The van der Waals surface area contributed by atoms with Crippen LogP contribution in [0.1, 0.15) is 134 Å². The summed E-state index contributed by atoms with van der Waals surface area (Å²) in [4.78, 5) is 2.53. The molecule has 27 heavy (non-hydrogen) atoms. The standard InChI is InChI=1S/C11H23N.C10H20.C3H8.C2H6/c1-9-7-10(2,3)12(6)11(4,5)8-9;1-4-5-6-7-8-9-10(2)3;1-3-2;1-2/h9H,7-8H2,1-6H3;2,4-9H2,1,3H3;3H2,1-2H3;1-2H3. The first-order chi connectivity index (χ1) is 12.4. The highest BCUT2D eigenvalue weighted by molar-refractivity contribution is 4.97. The van der Waals surface area contributed by atoms with E-state index in [-0.39, 0.29) is 0 Å². The van der Waals surface area contributed by atoms with Gasteiger partial charge in [0, 0.05) is 11.1 Å². The molecule has 1 heterocycles. The Morgan fingerprint density at radius 1 is 0.889 bits per heavy atom. The molecule has 0 unspecified atom stereocenters. The highest BCUT2D eigenvalue weighted by Gasteiger charge is 2.41. The second-order valence-corrected chi connectivity index (χ2v) is 9.53. The van der Waals surface area contributed by atoms with E-state index in [4.69, 9.17) is 0 Å². The first-order valence-electron chi connectivity index (χ1n) is 11.8. The van der Waals surface area contributed by atoms with Gasteiger partial charge in [-0.2, -0.15) is 0 Å². The van der Waals surface area contributed by atoms with E-state index < -0.39 is 0 Å². The van der Waals surface area contributed by atoms with Gasteiger partial charge >= 0.3 is 0 Å². The molecule has 0 radical (unpaired) electrons. The van der Waals surface area contributed by atoms with Gasteiger partial charge < -0.3 is 0 Å². The van der Waals surface area contributed by atoms with Crippen molar-refractivity contribution < 1.29 is 0 Å². The van der Waals surface area contributed by atoms with Gasteiger partial charge in [-0.05, 0) is 73.3 Å². The number of piperidine rings is 1. The number of rotatable bonds is 6. The predicted molar refractivity (Wildman–Crippen MR) is 130 cm³/mol. The Labute approximate surface area is 175 Å². The highest BCUT2D eigenvalue weighted by atomic mass is 15.2. The van der Waals surface area contributed by atoms with Crippen molar-refractivity contribution in [3.8, 4) is 0 Å². The molecule has 0 aromatic rings. The molecule has 0 spiro atoms. The third kappa shape index (κ3) is 17.5. The van der Waals surface area contributed by atoms with Crippen LogP contribution in [-0.2, 0) is 0 Å². The van der Waals surface area contributed by atoms with Crippen molar-refractivity contribution in [1.29, 1.82) is 0 Å². The lowest BCUT2D eigenvalue weighted by Gasteiger charge is -2.53. The zero-order chi connectivity index (χ0) is 22.1. The lowest BCUT2D eigenvalue weighted by Crippen LogP contribution is -2.58. The zero-order valence-corrected chi connectivity index (χ0v) is 21.6. The predicted octanol–water partition coefficient (Wildman–Crippen LogP) is 9.27. The molecule has 1 fully saturated rings. The maximum Gasteiger partial charge on any atom is 0.0158 e. The monoisotopic (exact) mass is 383 g/mol. The second-order valence-electron chi connectivity index (χ2n) is 9.53. The fraction of sp³-hybridized carbons (Fsp3) is 0.923. The van der Waals surface area contributed by atoms with Crippen molar-refractivity contribution in [1.82, 2.24) is 4.90 Å². The van der Waals surface area contributed by atoms with Crippen molar-refractivity contribution in [3.63, 3.8) is 0 Å². The molecular weight excluding hydrogens is 326 g/mol. The van der Waals surface area contributed by atoms with Crippen LogP contribution in [0.25, 0.3) is 0 Å². The van der Waals surface area contributed by atoms with Gasteiger partial charge in [0.15, 0.2) is 0 Å². The molecule has 166 valence electrons. The molecular formula is C26H57N. The summed E-state index contributed by atoms with van der Waals surface area (Å²) < 4.78 is 0. The number of hydrogen-bond acceptors (Lipinski definition) is 1. The molecule has 0 bridgehead atoms. The van der Waals surface area contributed by atoms with Gasteiger partial charge in [-0.15, -0.1) is 6.58 Å². The van der Waals surface area contributed by atoms with Crippen molar-refractivity contribution in [2.75, 3.05) is 7.05 Å². The van der Waals surface area contributed by atoms with Crippen LogP contribution in [0.3, 0.4) is 0 Å². The SMILES string of the molecule is C=C(C)CCCCCCC.CC.CC1CC(C)(C)N(C)C(C)(C)C1.CCC. The van der Waals surface area contributed by atoms with E-state index in [1.807, 2.05) is 13.8 Å². The fourth-order valence-electron chi connectivity index (χ4n) is 3.90. The van der Waals surface area contributed by atoms with Gasteiger partial charge in [0.05, 0.1) is 0 Å². The van der Waals surface area contributed by atoms with Crippen molar-refractivity contribution in [2.45, 2.75) is 145 Å². The van der Waals surface area contributed by atoms with Gasteiger partial charge in [-0.25, -0.2) is 0 Å². The van der Waals surface area contributed by atoms with Crippen LogP contribution >= 0.6 is 0 Å².